The number of nitrogens with one attached hydrogen (secondary N) is 1. The number of rotatable bonds is 4. The molecule has 0 saturated heterocycles. The predicted molar refractivity (Wildman–Crippen MR) is 59.7 cm³/mol. The molecule has 0 heterocycles. The molecule has 0 aliphatic carbocycles. The van der Waals surface area contributed by atoms with Crippen molar-refractivity contribution >= 4 is 17.5 Å². The molecule has 1 aromatic carbocycles. The van der Waals surface area contributed by atoms with Crippen molar-refractivity contribution in [2.45, 2.75) is 18.7 Å². The Morgan fingerprint density at radius 3 is 2.69 bits per heavy atom. The van der Waals surface area contributed by atoms with E-state index in [1.54, 1.807) is 31.2 Å². The van der Waals surface area contributed by atoms with Crippen LogP contribution in [-0.4, -0.2) is 17.7 Å². The van der Waals surface area contributed by atoms with Gasteiger partial charge in [0.05, 0.1) is 6.07 Å². The molecule has 84 valence electrons. The number of carbonyl (C=O) groups excluding carboxylic acids is 1. The highest BCUT2D eigenvalue weighted by atomic mass is 35.5. The van der Waals surface area contributed by atoms with Crippen molar-refractivity contribution < 1.29 is 9.53 Å². The van der Waals surface area contributed by atoms with Gasteiger partial charge in [-0.1, -0.05) is 29.8 Å². The average molecular weight is 239 g/mol. The first kappa shape index (κ1) is 12.5. The third-order valence-corrected chi connectivity index (χ3v) is 2.00. The quantitative estimate of drug-likeness (QED) is 0.495. The van der Waals surface area contributed by atoms with Gasteiger partial charge in [-0.05, 0) is 19.1 Å². The lowest BCUT2D eigenvalue weighted by Crippen LogP contribution is -2.34. The van der Waals surface area contributed by atoms with Gasteiger partial charge in [0.1, 0.15) is 6.10 Å². The van der Waals surface area contributed by atoms with E-state index in [9.17, 15) is 4.79 Å². The molecule has 0 aliphatic rings. The second-order valence-corrected chi connectivity index (χ2v) is 3.46. The van der Waals surface area contributed by atoms with E-state index in [4.69, 9.17) is 21.6 Å². The standard InChI is InChI=1S/C11H11ClN2O2/c1-8(7-13)16-11(12)14-10(15)9-5-3-2-4-6-9/h2-6,8,11H,1H3,(H,14,15). The monoisotopic (exact) mass is 238 g/mol. The predicted octanol–water partition coefficient (Wildman–Crippen LogP) is 1.87. The molecule has 0 saturated carbocycles. The summed E-state index contributed by atoms with van der Waals surface area (Å²) in [7, 11) is 0. The minimum atomic E-state index is -1.01. The van der Waals surface area contributed by atoms with Gasteiger partial charge < -0.3 is 10.1 Å². The Kier molecular flexibility index (Phi) is 4.77. The zero-order chi connectivity index (χ0) is 12.0. The SMILES string of the molecule is CC(C#N)OC(Cl)NC(=O)c1ccccc1. The van der Waals surface area contributed by atoms with Gasteiger partial charge in [-0.25, -0.2) is 0 Å². The summed E-state index contributed by atoms with van der Waals surface area (Å²) in [5, 5.41) is 10.9. The Hall–Kier alpha value is -1.57. The summed E-state index contributed by atoms with van der Waals surface area (Å²) in [6.45, 7) is 1.55. The third-order valence-electron chi connectivity index (χ3n) is 1.79. The highest BCUT2D eigenvalue weighted by Crippen LogP contribution is 2.03. The minimum Gasteiger partial charge on any atom is -0.327 e. The molecule has 1 N–H and O–H groups in total. The smallest absolute Gasteiger partial charge is 0.254 e. The average Bonchev–Trinajstić information content (AvgIpc) is 2.29. The summed E-state index contributed by atoms with van der Waals surface area (Å²) >= 11 is 5.69. The normalized spacial score (nSPS) is 13.6. The second kappa shape index (κ2) is 6.11. The Bertz CT molecular complexity index is 389. The van der Waals surface area contributed by atoms with Crippen LogP contribution in [0.3, 0.4) is 0 Å². The number of amides is 1. The first-order valence-corrected chi connectivity index (χ1v) is 5.12. The van der Waals surface area contributed by atoms with Crippen LogP contribution in [0.25, 0.3) is 0 Å². The molecule has 1 aromatic rings. The molecule has 0 spiro atoms. The fourth-order valence-corrected chi connectivity index (χ4v) is 1.27. The van der Waals surface area contributed by atoms with Crippen molar-refractivity contribution in [2.24, 2.45) is 0 Å². The molecule has 1 rings (SSSR count). The second-order valence-electron chi connectivity index (χ2n) is 3.06. The molecular formula is C11H11ClN2O2. The number of carbonyl (C=O) groups is 1. The number of hydrogen-bond donors (Lipinski definition) is 1. The molecule has 2 atom stereocenters. The van der Waals surface area contributed by atoms with Crippen molar-refractivity contribution in [3.8, 4) is 6.07 Å². The van der Waals surface area contributed by atoms with E-state index in [-0.39, 0.29) is 5.91 Å². The third kappa shape index (κ3) is 3.89. The van der Waals surface area contributed by atoms with Crippen LogP contribution in [-0.2, 0) is 4.74 Å². The Labute approximate surface area is 98.8 Å². The number of alkyl halides is 1. The van der Waals surface area contributed by atoms with Gasteiger partial charge >= 0.3 is 0 Å². The number of nitrogens with zero attached hydrogens (tertiary/aromatic N) is 1. The van der Waals surface area contributed by atoms with E-state index in [0.29, 0.717) is 5.56 Å². The van der Waals surface area contributed by atoms with E-state index in [2.05, 4.69) is 5.32 Å². The molecule has 0 aromatic heterocycles. The first-order valence-electron chi connectivity index (χ1n) is 4.68. The molecule has 0 radical (unpaired) electrons. The lowest BCUT2D eigenvalue weighted by Gasteiger charge is -2.13. The van der Waals surface area contributed by atoms with Gasteiger partial charge in [-0.2, -0.15) is 5.26 Å². The number of halogens is 1. The van der Waals surface area contributed by atoms with Crippen LogP contribution in [0.4, 0.5) is 0 Å². The minimum absolute atomic E-state index is 0.342. The Morgan fingerprint density at radius 2 is 2.12 bits per heavy atom. The van der Waals surface area contributed by atoms with Crippen LogP contribution in [0.5, 0.6) is 0 Å². The van der Waals surface area contributed by atoms with Gasteiger partial charge in [-0.3, -0.25) is 4.79 Å². The maximum atomic E-state index is 11.6. The zero-order valence-electron chi connectivity index (χ0n) is 8.68. The molecular weight excluding hydrogens is 228 g/mol. The summed E-state index contributed by atoms with van der Waals surface area (Å²) in [6, 6.07) is 10.5. The fourth-order valence-electron chi connectivity index (χ4n) is 1.02. The molecule has 5 heteroatoms. The largest absolute Gasteiger partial charge is 0.327 e. The summed E-state index contributed by atoms with van der Waals surface area (Å²) < 4.78 is 4.96. The van der Waals surface area contributed by atoms with Crippen LogP contribution in [0.15, 0.2) is 30.3 Å². The molecule has 1 amide bonds. The first-order chi connectivity index (χ1) is 7.63. The molecule has 0 bridgehead atoms. The molecule has 0 aliphatic heterocycles. The van der Waals surface area contributed by atoms with Crippen molar-refractivity contribution in [3.63, 3.8) is 0 Å². The zero-order valence-corrected chi connectivity index (χ0v) is 9.44. The van der Waals surface area contributed by atoms with E-state index in [1.165, 1.54) is 0 Å². The number of nitriles is 1. The lowest BCUT2D eigenvalue weighted by atomic mass is 10.2. The van der Waals surface area contributed by atoms with Crippen LogP contribution in [0.1, 0.15) is 17.3 Å². The van der Waals surface area contributed by atoms with E-state index in [1.807, 2.05) is 12.1 Å². The van der Waals surface area contributed by atoms with Crippen molar-refractivity contribution in [1.29, 1.82) is 5.26 Å². The summed E-state index contributed by atoms with van der Waals surface area (Å²) in [5.41, 5.74) is -0.524. The number of benzene rings is 1. The summed E-state index contributed by atoms with van der Waals surface area (Å²) in [4.78, 5) is 11.6. The van der Waals surface area contributed by atoms with E-state index < -0.39 is 11.8 Å². The van der Waals surface area contributed by atoms with Crippen LogP contribution in [0.2, 0.25) is 0 Å². The van der Waals surface area contributed by atoms with Gasteiger partial charge in [0.15, 0.2) is 0 Å². The van der Waals surface area contributed by atoms with Crippen LogP contribution < -0.4 is 5.32 Å². The lowest BCUT2D eigenvalue weighted by molar-refractivity contribution is 0.0498. The summed E-state index contributed by atoms with van der Waals surface area (Å²) in [5.74, 6) is -0.342. The van der Waals surface area contributed by atoms with Crippen LogP contribution in [0, 0.1) is 11.3 Å². The van der Waals surface area contributed by atoms with Crippen LogP contribution >= 0.6 is 11.6 Å². The Balaban J connectivity index is 2.50. The number of hydrogen-bond acceptors (Lipinski definition) is 3. The van der Waals surface area contributed by atoms with Gasteiger partial charge in [0, 0.05) is 5.56 Å². The molecule has 0 fully saturated rings. The van der Waals surface area contributed by atoms with Crippen molar-refractivity contribution in [1.82, 2.24) is 5.32 Å². The molecule has 16 heavy (non-hydrogen) atoms. The van der Waals surface area contributed by atoms with Gasteiger partial charge in [0.25, 0.3) is 5.91 Å². The maximum absolute atomic E-state index is 11.6. The number of ether oxygens (including phenoxy) is 1. The topological polar surface area (TPSA) is 62.1 Å². The summed E-state index contributed by atoms with van der Waals surface area (Å²) in [6.07, 6.45) is -0.668. The highest BCUT2D eigenvalue weighted by Gasteiger charge is 2.13. The fraction of sp³-hybridized carbons (Fsp3) is 0.273. The van der Waals surface area contributed by atoms with Gasteiger partial charge in [-0.15, -0.1) is 0 Å². The molecule has 2 unspecified atom stereocenters. The van der Waals surface area contributed by atoms with Crippen molar-refractivity contribution in [3.05, 3.63) is 35.9 Å². The van der Waals surface area contributed by atoms with E-state index in [0.717, 1.165) is 0 Å². The maximum Gasteiger partial charge on any atom is 0.254 e. The Morgan fingerprint density at radius 1 is 1.50 bits per heavy atom. The van der Waals surface area contributed by atoms with E-state index >= 15 is 0 Å². The highest BCUT2D eigenvalue weighted by molar-refractivity contribution is 6.20. The van der Waals surface area contributed by atoms with Gasteiger partial charge in [0.2, 0.25) is 5.69 Å². The molecule has 4 nitrogen and oxygen atoms in total. The van der Waals surface area contributed by atoms with Crippen molar-refractivity contribution in [2.75, 3.05) is 0 Å².